The van der Waals surface area contributed by atoms with Crippen LogP contribution in [0, 0.1) is 0 Å². The van der Waals surface area contributed by atoms with E-state index in [1.165, 1.54) is 0 Å². The van der Waals surface area contributed by atoms with E-state index in [1.807, 2.05) is 20.3 Å². The lowest BCUT2D eigenvalue weighted by Gasteiger charge is -2.31. The van der Waals surface area contributed by atoms with E-state index in [9.17, 15) is 4.79 Å². The van der Waals surface area contributed by atoms with Crippen LogP contribution in [-0.4, -0.2) is 64.6 Å². The van der Waals surface area contributed by atoms with Gasteiger partial charge < -0.3 is 24.0 Å². The van der Waals surface area contributed by atoms with Crippen molar-refractivity contribution in [3.63, 3.8) is 0 Å². The van der Waals surface area contributed by atoms with Crippen LogP contribution in [0.1, 0.15) is 47.2 Å². The minimum Gasteiger partial charge on any atom is -0.367 e. The third-order valence-corrected chi connectivity index (χ3v) is 4.07. The molecule has 3 rings (SSSR count). The summed E-state index contributed by atoms with van der Waals surface area (Å²) < 4.78 is 11.0. The van der Waals surface area contributed by atoms with E-state index in [0.717, 1.165) is 36.7 Å². The molecule has 8 heteroatoms. The fraction of sp³-hybridized carbons (Fsp3) is 0.588. The normalized spacial score (nSPS) is 18.1. The molecule has 1 aliphatic rings. The maximum atomic E-state index is 12.7. The van der Waals surface area contributed by atoms with E-state index in [4.69, 9.17) is 9.26 Å². The van der Waals surface area contributed by atoms with Crippen molar-refractivity contribution in [2.24, 2.45) is 0 Å². The summed E-state index contributed by atoms with van der Waals surface area (Å²) in [6, 6.07) is 1.73. The van der Waals surface area contributed by atoms with E-state index in [1.54, 1.807) is 11.0 Å². The number of ether oxygens (including phenoxy) is 1. The quantitative estimate of drug-likeness (QED) is 0.854. The van der Waals surface area contributed by atoms with Gasteiger partial charge in [-0.3, -0.25) is 4.79 Å². The number of carbonyl (C=O) groups is 1. The largest absolute Gasteiger partial charge is 0.367 e. The van der Waals surface area contributed by atoms with Crippen LogP contribution in [0.15, 0.2) is 16.8 Å². The van der Waals surface area contributed by atoms with Gasteiger partial charge in [0.2, 0.25) is 0 Å². The van der Waals surface area contributed by atoms with Crippen LogP contribution in [0.2, 0.25) is 0 Å². The molecule has 1 N–H and O–H groups in total. The van der Waals surface area contributed by atoms with E-state index < -0.39 is 0 Å². The number of aryl methyl sites for hydroxylation is 1. The molecule has 1 atom stereocenters. The topological polar surface area (TPSA) is 87.5 Å². The molecular formula is C17H25N5O3. The van der Waals surface area contributed by atoms with Crippen molar-refractivity contribution in [3.05, 3.63) is 35.2 Å². The van der Waals surface area contributed by atoms with Crippen LogP contribution < -0.4 is 0 Å². The molecule has 2 aromatic rings. The molecule has 1 aliphatic heterocycles. The van der Waals surface area contributed by atoms with Crippen LogP contribution in [0.25, 0.3) is 0 Å². The summed E-state index contributed by atoms with van der Waals surface area (Å²) in [6.07, 6.45) is 3.30. The van der Waals surface area contributed by atoms with Gasteiger partial charge in [0.1, 0.15) is 17.7 Å². The molecule has 0 spiro atoms. The molecule has 8 nitrogen and oxygen atoms in total. The lowest BCUT2D eigenvalue weighted by molar-refractivity contribution is -0.0268. The number of amides is 1. The molecule has 0 radical (unpaired) electrons. The number of morpholine rings is 1. The number of nitrogens with zero attached hydrogens (tertiary/aromatic N) is 4. The number of hydrogen-bond donors (Lipinski definition) is 1. The Balaban J connectivity index is 1.65. The molecule has 136 valence electrons. The number of aromatic amines is 1. The summed E-state index contributed by atoms with van der Waals surface area (Å²) >= 11 is 0. The van der Waals surface area contributed by atoms with Crippen LogP contribution in [0.5, 0.6) is 0 Å². The third kappa shape index (κ3) is 4.26. The minimum absolute atomic E-state index is 0.125. The minimum atomic E-state index is -0.254. The second-order valence-electron chi connectivity index (χ2n) is 6.57. The molecule has 1 amide bonds. The fourth-order valence-electron chi connectivity index (χ4n) is 2.90. The highest BCUT2D eigenvalue weighted by atomic mass is 16.5. The van der Waals surface area contributed by atoms with Crippen molar-refractivity contribution in [1.82, 2.24) is 24.9 Å². The second-order valence-corrected chi connectivity index (χ2v) is 6.57. The molecule has 25 heavy (non-hydrogen) atoms. The van der Waals surface area contributed by atoms with Crippen molar-refractivity contribution in [3.8, 4) is 0 Å². The Kier molecular flexibility index (Phi) is 5.50. The summed E-state index contributed by atoms with van der Waals surface area (Å²) in [5.41, 5.74) is 1.38. The number of rotatable bonds is 6. The molecule has 0 unspecified atom stereocenters. The lowest BCUT2D eigenvalue weighted by Crippen LogP contribution is -2.42. The van der Waals surface area contributed by atoms with Crippen LogP contribution in [0.4, 0.5) is 0 Å². The zero-order chi connectivity index (χ0) is 17.8. The van der Waals surface area contributed by atoms with Gasteiger partial charge in [0.15, 0.2) is 5.69 Å². The van der Waals surface area contributed by atoms with Gasteiger partial charge in [0, 0.05) is 37.5 Å². The Bertz CT molecular complexity index is 709. The molecular weight excluding hydrogens is 322 g/mol. The molecule has 1 saturated heterocycles. The Hall–Kier alpha value is -2.19. The summed E-state index contributed by atoms with van der Waals surface area (Å²) in [5, 5.41) is 3.91. The number of carbonyl (C=O) groups excluding carboxylic acids is 1. The van der Waals surface area contributed by atoms with Crippen molar-refractivity contribution in [2.75, 3.05) is 33.8 Å². The standard InChI is InChI=1S/C17H25N5O3/c1-4-5-13-8-14(20-25-13)17(23)22-6-7-24-15(11-22)16-18-9-12(19-16)10-21(2)3/h8-9,15H,4-7,10-11H2,1-3H3,(H,18,19)/t15-/m0/s1. The third-order valence-electron chi connectivity index (χ3n) is 4.07. The van der Waals surface area contributed by atoms with E-state index in [0.29, 0.717) is 25.4 Å². The van der Waals surface area contributed by atoms with Gasteiger partial charge in [0.05, 0.1) is 13.2 Å². The van der Waals surface area contributed by atoms with Gasteiger partial charge in [0.25, 0.3) is 5.91 Å². The first-order valence-corrected chi connectivity index (χ1v) is 8.61. The number of aromatic nitrogens is 3. The van der Waals surface area contributed by atoms with E-state index in [-0.39, 0.29) is 12.0 Å². The number of H-pyrrole nitrogens is 1. The zero-order valence-electron chi connectivity index (χ0n) is 15.0. The Labute approximate surface area is 147 Å². The van der Waals surface area contributed by atoms with E-state index in [2.05, 4.69) is 26.9 Å². The maximum Gasteiger partial charge on any atom is 0.276 e. The molecule has 0 saturated carbocycles. The first-order chi connectivity index (χ1) is 12.1. The van der Waals surface area contributed by atoms with Crippen molar-refractivity contribution < 1.29 is 14.1 Å². The first kappa shape index (κ1) is 17.6. The Morgan fingerprint density at radius 1 is 1.48 bits per heavy atom. The average molecular weight is 347 g/mol. The average Bonchev–Trinajstić information content (AvgIpc) is 3.24. The fourth-order valence-corrected chi connectivity index (χ4v) is 2.90. The number of imidazole rings is 1. The highest BCUT2D eigenvalue weighted by Crippen LogP contribution is 2.21. The van der Waals surface area contributed by atoms with Gasteiger partial charge >= 0.3 is 0 Å². The van der Waals surface area contributed by atoms with Crippen LogP contribution in [0.3, 0.4) is 0 Å². The second kappa shape index (κ2) is 7.79. The maximum absolute atomic E-state index is 12.7. The monoisotopic (exact) mass is 347 g/mol. The predicted octanol–water partition coefficient (Wildman–Crippen LogP) is 1.63. The molecule has 0 aromatic carbocycles. The first-order valence-electron chi connectivity index (χ1n) is 8.61. The van der Waals surface area contributed by atoms with Gasteiger partial charge in [-0.1, -0.05) is 12.1 Å². The van der Waals surface area contributed by atoms with Crippen molar-refractivity contribution in [2.45, 2.75) is 32.4 Å². The Morgan fingerprint density at radius 2 is 2.32 bits per heavy atom. The zero-order valence-corrected chi connectivity index (χ0v) is 15.0. The van der Waals surface area contributed by atoms with Crippen LogP contribution in [-0.2, 0) is 17.7 Å². The highest BCUT2D eigenvalue weighted by Gasteiger charge is 2.29. The summed E-state index contributed by atoms with van der Waals surface area (Å²) in [7, 11) is 4.01. The SMILES string of the molecule is CCCc1cc(C(=O)N2CCO[C@H](c3ncc(CN(C)C)[nH]3)C2)no1. The van der Waals surface area contributed by atoms with Gasteiger partial charge in [-0.2, -0.15) is 0 Å². The Morgan fingerprint density at radius 3 is 3.08 bits per heavy atom. The smallest absolute Gasteiger partial charge is 0.276 e. The van der Waals surface area contributed by atoms with E-state index >= 15 is 0 Å². The molecule has 0 bridgehead atoms. The van der Waals surface area contributed by atoms with Crippen LogP contribution >= 0.6 is 0 Å². The van der Waals surface area contributed by atoms with Crippen molar-refractivity contribution >= 4 is 5.91 Å². The van der Waals surface area contributed by atoms with Gasteiger partial charge in [-0.05, 0) is 20.5 Å². The summed E-state index contributed by atoms with van der Waals surface area (Å²) in [5.74, 6) is 1.37. The highest BCUT2D eigenvalue weighted by molar-refractivity contribution is 5.92. The lowest BCUT2D eigenvalue weighted by atomic mass is 10.2. The predicted molar refractivity (Wildman–Crippen MR) is 91.1 cm³/mol. The molecule has 1 fully saturated rings. The molecule has 2 aromatic heterocycles. The summed E-state index contributed by atoms with van der Waals surface area (Å²) in [4.78, 5) is 24.2. The van der Waals surface area contributed by atoms with Gasteiger partial charge in [-0.15, -0.1) is 0 Å². The molecule has 0 aliphatic carbocycles. The number of nitrogens with one attached hydrogen (secondary N) is 1. The molecule has 3 heterocycles. The summed E-state index contributed by atoms with van der Waals surface area (Å²) in [6.45, 7) is 4.30. The number of hydrogen-bond acceptors (Lipinski definition) is 6. The van der Waals surface area contributed by atoms with Gasteiger partial charge in [-0.25, -0.2) is 4.98 Å². The van der Waals surface area contributed by atoms with Crippen molar-refractivity contribution in [1.29, 1.82) is 0 Å².